The van der Waals surface area contributed by atoms with Crippen molar-refractivity contribution >= 4 is 17.5 Å². The second-order valence-electron chi connectivity index (χ2n) is 6.91. The van der Waals surface area contributed by atoms with Gasteiger partial charge in [0.2, 0.25) is 6.79 Å². The number of carbonyl (C=O) groups excluding carboxylic acids is 2. The first-order chi connectivity index (χ1) is 13.2. The molecule has 1 saturated carbocycles. The van der Waals surface area contributed by atoms with Gasteiger partial charge in [0.25, 0.3) is 11.8 Å². The smallest absolute Gasteiger partial charge is 0.255 e. The van der Waals surface area contributed by atoms with Gasteiger partial charge in [0, 0.05) is 28.9 Å². The van der Waals surface area contributed by atoms with Crippen LogP contribution in [0, 0.1) is 0 Å². The summed E-state index contributed by atoms with van der Waals surface area (Å²) in [6.07, 6.45) is 5.60. The van der Waals surface area contributed by atoms with Gasteiger partial charge in [0.15, 0.2) is 11.5 Å². The van der Waals surface area contributed by atoms with E-state index >= 15 is 0 Å². The fraction of sp³-hybridized carbons (Fsp3) is 0.333. The molecule has 0 radical (unpaired) electrons. The van der Waals surface area contributed by atoms with Crippen LogP contribution in [0.3, 0.4) is 0 Å². The van der Waals surface area contributed by atoms with E-state index in [1.807, 2.05) is 0 Å². The number of ether oxygens (including phenoxy) is 2. The van der Waals surface area contributed by atoms with Crippen LogP contribution >= 0.6 is 0 Å². The Hall–Kier alpha value is -3.02. The molecule has 1 heterocycles. The molecule has 0 aromatic heterocycles. The van der Waals surface area contributed by atoms with E-state index < -0.39 is 0 Å². The third-order valence-electron chi connectivity index (χ3n) is 4.96. The van der Waals surface area contributed by atoms with Crippen molar-refractivity contribution in [3.8, 4) is 11.5 Å². The van der Waals surface area contributed by atoms with Gasteiger partial charge in [-0.25, -0.2) is 0 Å². The van der Waals surface area contributed by atoms with Crippen molar-refractivity contribution in [1.29, 1.82) is 0 Å². The van der Waals surface area contributed by atoms with Gasteiger partial charge < -0.3 is 20.1 Å². The first-order valence-corrected chi connectivity index (χ1v) is 9.31. The Morgan fingerprint density at radius 1 is 0.852 bits per heavy atom. The van der Waals surface area contributed by atoms with Gasteiger partial charge in [-0.05, 0) is 43.2 Å². The Morgan fingerprint density at radius 2 is 1.59 bits per heavy atom. The molecule has 2 amide bonds. The Bertz CT molecular complexity index is 859. The number of benzene rings is 2. The molecule has 2 N–H and O–H groups in total. The van der Waals surface area contributed by atoms with Crippen LogP contribution in [0.15, 0.2) is 42.5 Å². The fourth-order valence-corrected chi connectivity index (χ4v) is 3.49. The summed E-state index contributed by atoms with van der Waals surface area (Å²) in [6, 6.07) is 12.2. The highest BCUT2D eigenvalue weighted by molar-refractivity contribution is 6.06. The summed E-state index contributed by atoms with van der Waals surface area (Å²) < 4.78 is 10.6. The van der Waals surface area contributed by atoms with Crippen molar-refractivity contribution in [2.45, 2.75) is 38.1 Å². The first-order valence-electron chi connectivity index (χ1n) is 9.31. The molecule has 0 spiro atoms. The van der Waals surface area contributed by atoms with Crippen molar-refractivity contribution in [2.75, 3.05) is 12.1 Å². The van der Waals surface area contributed by atoms with Gasteiger partial charge in [0.05, 0.1) is 0 Å². The van der Waals surface area contributed by atoms with Gasteiger partial charge in [-0.1, -0.05) is 25.3 Å². The second kappa shape index (κ2) is 7.70. The van der Waals surface area contributed by atoms with Gasteiger partial charge in [-0.2, -0.15) is 0 Å². The summed E-state index contributed by atoms with van der Waals surface area (Å²) in [5.41, 5.74) is 1.55. The summed E-state index contributed by atoms with van der Waals surface area (Å²) in [5, 5.41) is 5.91. The Labute approximate surface area is 157 Å². The first kappa shape index (κ1) is 17.4. The van der Waals surface area contributed by atoms with Crippen molar-refractivity contribution in [2.24, 2.45) is 0 Å². The van der Waals surface area contributed by atoms with E-state index in [0.717, 1.165) is 25.7 Å². The zero-order valence-corrected chi connectivity index (χ0v) is 15.0. The van der Waals surface area contributed by atoms with Crippen molar-refractivity contribution in [3.63, 3.8) is 0 Å². The van der Waals surface area contributed by atoms with Crippen LogP contribution in [-0.2, 0) is 0 Å². The lowest BCUT2D eigenvalue weighted by Gasteiger charge is -2.22. The fourth-order valence-electron chi connectivity index (χ4n) is 3.49. The van der Waals surface area contributed by atoms with E-state index in [1.54, 1.807) is 42.5 Å². The molecule has 140 valence electrons. The van der Waals surface area contributed by atoms with E-state index in [4.69, 9.17) is 9.47 Å². The molecular weight excluding hydrogens is 344 g/mol. The topological polar surface area (TPSA) is 76.7 Å². The van der Waals surface area contributed by atoms with Crippen LogP contribution in [0.4, 0.5) is 5.69 Å². The molecule has 0 bridgehead atoms. The predicted molar refractivity (Wildman–Crippen MR) is 101 cm³/mol. The number of anilines is 1. The SMILES string of the molecule is O=C(Nc1ccc2c(c1)OCO2)c1cccc(C(=O)NC2CCCCC2)c1. The number of carbonyl (C=O) groups is 2. The lowest BCUT2D eigenvalue weighted by Crippen LogP contribution is -2.36. The monoisotopic (exact) mass is 366 g/mol. The van der Waals surface area contributed by atoms with E-state index in [2.05, 4.69) is 10.6 Å². The zero-order chi connectivity index (χ0) is 18.6. The summed E-state index contributed by atoms with van der Waals surface area (Å²) in [6.45, 7) is 0.185. The number of nitrogens with one attached hydrogen (secondary N) is 2. The Morgan fingerprint density at radius 3 is 2.41 bits per heavy atom. The van der Waals surface area contributed by atoms with Crippen molar-refractivity contribution in [1.82, 2.24) is 5.32 Å². The lowest BCUT2D eigenvalue weighted by atomic mass is 9.95. The highest BCUT2D eigenvalue weighted by atomic mass is 16.7. The summed E-state index contributed by atoms with van der Waals surface area (Å²) in [5.74, 6) is 0.864. The summed E-state index contributed by atoms with van der Waals surface area (Å²) in [4.78, 5) is 25.1. The number of fused-ring (bicyclic) bond motifs is 1. The minimum atomic E-state index is -0.277. The van der Waals surface area contributed by atoms with Crippen LogP contribution < -0.4 is 20.1 Å². The molecule has 4 rings (SSSR count). The van der Waals surface area contributed by atoms with Crippen LogP contribution in [0.25, 0.3) is 0 Å². The molecule has 2 aliphatic rings. The second-order valence-corrected chi connectivity index (χ2v) is 6.91. The van der Waals surface area contributed by atoms with Crippen molar-refractivity contribution < 1.29 is 19.1 Å². The molecule has 6 heteroatoms. The molecule has 6 nitrogen and oxygen atoms in total. The number of hydrogen-bond acceptors (Lipinski definition) is 4. The molecule has 1 fully saturated rings. The number of rotatable bonds is 4. The molecule has 1 aliphatic carbocycles. The summed E-state index contributed by atoms with van der Waals surface area (Å²) in [7, 11) is 0. The van der Waals surface area contributed by atoms with Crippen LogP contribution in [0.5, 0.6) is 11.5 Å². The maximum Gasteiger partial charge on any atom is 0.255 e. The average molecular weight is 366 g/mol. The number of hydrogen-bond donors (Lipinski definition) is 2. The molecule has 0 atom stereocenters. The maximum atomic E-state index is 12.6. The van der Waals surface area contributed by atoms with Gasteiger partial charge >= 0.3 is 0 Å². The molecule has 2 aromatic carbocycles. The van der Waals surface area contributed by atoms with E-state index in [-0.39, 0.29) is 24.6 Å². The van der Waals surface area contributed by atoms with Crippen molar-refractivity contribution in [3.05, 3.63) is 53.6 Å². The third-order valence-corrected chi connectivity index (χ3v) is 4.96. The number of amides is 2. The van der Waals surface area contributed by atoms with E-state index in [0.29, 0.717) is 28.3 Å². The molecule has 0 unspecified atom stereocenters. The van der Waals surface area contributed by atoms with Crippen LogP contribution in [0.1, 0.15) is 52.8 Å². The average Bonchev–Trinajstić information content (AvgIpc) is 3.16. The van der Waals surface area contributed by atoms with Crippen LogP contribution in [-0.4, -0.2) is 24.6 Å². The minimum Gasteiger partial charge on any atom is -0.454 e. The summed E-state index contributed by atoms with van der Waals surface area (Å²) >= 11 is 0. The molecule has 2 aromatic rings. The standard InChI is InChI=1S/C21H22N2O4/c24-20(22-16-7-2-1-3-8-16)14-5-4-6-15(11-14)21(25)23-17-9-10-18-19(12-17)27-13-26-18/h4-6,9-12,16H,1-3,7-8,13H2,(H,22,24)(H,23,25). The Kier molecular flexibility index (Phi) is 4.96. The maximum absolute atomic E-state index is 12.6. The van der Waals surface area contributed by atoms with Gasteiger partial charge in [-0.3, -0.25) is 9.59 Å². The van der Waals surface area contributed by atoms with Gasteiger partial charge in [-0.15, -0.1) is 0 Å². The quantitative estimate of drug-likeness (QED) is 0.864. The predicted octanol–water partition coefficient (Wildman–Crippen LogP) is 3.73. The molecule has 27 heavy (non-hydrogen) atoms. The third kappa shape index (κ3) is 4.05. The van der Waals surface area contributed by atoms with Crippen LogP contribution in [0.2, 0.25) is 0 Å². The largest absolute Gasteiger partial charge is 0.454 e. The minimum absolute atomic E-state index is 0.125. The van der Waals surface area contributed by atoms with E-state index in [9.17, 15) is 9.59 Å². The zero-order valence-electron chi connectivity index (χ0n) is 15.0. The normalized spacial score (nSPS) is 16.0. The molecular formula is C21H22N2O4. The Balaban J connectivity index is 1.43. The molecule has 0 saturated heterocycles. The lowest BCUT2D eigenvalue weighted by molar-refractivity contribution is 0.0927. The highest BCUT2D eigenvalue weighted by Crippen LogP contribution is 2.34. The molecule has 1 aliphatic heterocycles. The van der Waals surface area contributed by atoms with Gasteiger partial charge in [0.1, 0.15) is 0 Å². The highest BCUT2D eigenvalue weighted by Gasteiger charge is 2.18. The van der Waals surface area contributed by atoms with E-state index in [1.165, 1.54) is 6.42 Å².